The van der Waals surface area contributed by atoms with Crippen LogP contribution in [0, 0.1) is 5.41 Å². The molecule has 0 aliphatic heterocycles. The highest BCUT2D eigenvalue weighted by Gasteiger charge is 2.28. The second-order valence-electron chi connectivity index (χ2n) is 6.37. The molecule has 0 radical (unpaired) electrons. The number of nitrogens with one attached hydrogen (secondary N) is 1. The highest BCUT2D eigenvalue weighted by Crippen LogP contribution is 2.27. The molecule has 0 aromatic carbocycles. The lowest BCUT2D eigenvalue weighted by molar-refractivity contribution is 0.130. The van der Waals surface area contributed by atoms with Gasteiger partial charge in [0.05, 0.1) is 5.69 Å². The van der Waals surface area contributed by atoms with Crippen LogP contribution >= 0.6 is 0 Å². The Kier molecular flexibility index (Phi) is 7.91. The molecule has 120 valence electrons. The number of hydrogen-bond donors (Lipinski definition) is 1. The molecule has 0 bridgehead atoms. The van der Waals surface area contributed by atoms with Crippen LogP contribution in [0.3, 0.4) is 0 Å². The van der Waals surface area contributed by atoms with E-state index in [2.05, 4.69) is 62.0 Å². The van der Waals surface area contributed by atoms with Crippen LogP contribution in [0.4, 0.5) is 0 Å². The van der Waals surface area contributed by atoms with Crippen molar-refractivity contribution in [3.05, 3.63) is 30.1 Å². The van der Waals surface area contributed by atoms with E-state index in [9.17, 15) is 0 Å². The molecule has 0 atom stereocenters. The summed E-state index contributed by atoms with van der Waals surface area (Å²) < 4.78 is 0. The number of hydrogen-bond acceptors (Lipinski definition) is 3. The van der Waals surface area contributed by atoms with E-state index in [1.165, 1.54) is 12.8 Å². The summed E-state index contributed by atoms with van der Waals surface area (Å²) in [7, 11) is 0. The van der Waals surface area contributed by atoms with Gasteiger partial charge in [-0.05, 0) is 36.9 Å². The summed E-state index contributed by atoms with van der Waals surface area (Å²) in [4.78, 5) is 6.99. The molecule has 0 saturated carbocycles. The fraction of sp³-hybridized carbons (Fsp3) is 0.722. The molecular formula is C18H33N3. The number of aromatic nitrogens is 1. The zero-order valence-electron chi connectivity index (χ0n) is 14.5. The smallest absolute Gasteiger partial charge is 0.0543 e. The molecule has 21 heavy (non-hydrogen) atoms. The van der Waals surface area contributed by atoms with Gasteiger partial charge in [0.1, 0.15) is 0 Å². The highest BCUT2D eigenvalue weighted by atomic mass is 15.1. The van der Waals surface area contributed by atoms with Gasteiger partial charge in [-0.3, -0.25) is 9.88 Å². The average molecular weight is 291 g/mol. The van der Waals surface area contributed by atoms with Gasteiger partial charge in [-0.15, -0.1) is 0 Å². The van der Waals surface area contributed by atoms with Crippen LogP contribution in [0.25, 0.3) is 0 Å². The van der Waals surface area contributed by atoms with Gasteiger partial charge in [-0.25, -0.2) is 0 Å². The minimum Gasteiger partial charge on any atom is -0.314 e. The molecule has 1 rings (SSSR count). The van der Waals surface area contributed by atoms with Crippen molar-refractivity contribution < 1.29 is 0 Å². The standard InChI is InChI=1S/C18H33N3/c1-6-18(7-2,14-20-16(4)5)15-21(8-3)13-17-11-9-10-12-19-17/h9-12,16,20H,6-8,13-15H2,1-5H3. The molecule has 3 nitrogen and oxygen atoms in total. The third kappa shape index (κ3) is 6.15. The normalized spacial score (nSPS) is 12.3. The molecule has 0 aliphatic rings. The Hall–Kier alpha value is -0.930. The van der Waals surface area contributed by atoms with Gasteiger partial charge < -0.3 is 5.32 Å². The topological polar surface area (TPSA) is 28.2 Å². The molecule has 0 amide bonds. The first kappa shape index (κ1) is 18.1. The maximum absolute atomic E-state index is 4.47. The first-order chi connectivity index (χ1) is 10.0. The summed E-state index contributed by atoms with van der Waals surface area (Å²) in [5.41, 5.74) is 1.52. The van der Waals surface area contributed by atoms with Gasteiger partial charge in [-0.1, -0.05) is 40.7 Å². The first-order valence-electron chi connectivity index (χ1n) is 8.41. The predicted molar refractivity (Wildman–Crippen MR) is 91.3 cm³/mol. The Morgan fingerprint density at radius 2 is 1.90 bits per heavy atom. The predicted octanol–water partition coefficient (Wildman–Crippen LogP) is 3.71. The molecule has 1 aromatic heterocycles. The zero-order chi connectivity index (χ0) is 15.7. The minimum atomic E-state index is 0.356. The molecule has 1 heterocycles. The largest absolute Gasteiger partial charge is 0.314 e. The van der Waals surface area contributed by atoms with E-state index < -0.39 is 0 Å². The molecule has 1 aromatic rings. The van der Waals surface area contributed by atoms with Gasteiger partial charge in [0.15, 0.2) is 0 Å². The van der Waals surface area contributed by atoms with Crippen molar-refractivity contribution >= 4 is 0 Å². The van der Waals surface area contributed by atoms with Gasteiger partial charge >= 0.3 is 0 Å². The second-order valence-corrected chi connectivity index (χ2v) is 6.37. The van der Waals surface area contributed by atoms with E-state index >= 15 is 0 Å². The van der Waals surface area contributed by atoms with Crippen LogP contribution in [0.2, 0.25) is 0 Å². The lowest BCUT2D eigenvalue weighted by Crippen LogP contribution is -2.45. The minimum absolute atomic E-state index is 0.356. The van der Waals surface area contributed by atoms with Crippen molar-refractivity contribution in [1.29, 1.82) is 0 Å². The summed E-state index contributed by atoms with van der Waals surface area (Å²) in [6.45, 7) is 15.6. The molecule has 0 unspecified atom stereocenters. The molecule has 3 heteroatoms. The van der Waals surface area contributed by atoms with Crippen LogP contribution in [0.15, 0.2) is 24.4 Å². The van der Waals surface area contributed by atoms with Crippen molar-refractivity contribution in [2.24, 2.45) is 5.41 Å². The monoisotopic (exact) mass is 291 g/mol. The van der Waals surface area contributed by atoms with E-state index in [1.54, 1.807) is 0 Å². The van der Waals surface area contributed by atoms with Crippen molar-refractivity contribution in [2.75, 3.05) is 19.6 Å². The summed E-state index contributed by atoms with van der Waals surface area (Å²) >= 11 is 0. The Bertz CT molecular complexity index is 371. The fourth-order valence-corrected chi connectivity index (χ4v) is 2.67. The van der Waals surface area contributed by atoms with Gasteiger partial charge in [0.2, 0.25) is 0 Å². The van der Waals surface area contributed by atoms with Crippen molar-refractivity contribution in [3.63, 3.8) is 0 Å². The third-order valence-electron chi connectivity index (χ3n) is 4.50. The van der Waals surface area contributed by atoms with Crippen molar-refractivity contribution in [3.8, 4) is 0 Å². The van der Waals surface area contributed by atoms with Gasteiger partial charge in [0, 0.05) is 31.9 Å². The zero-order valence-corrected chi connectivity index (χ0v) is 14.5. The van der Waals surface area contributed by atoms with Crippen molar-refractivity contribution in [2.45, 2.75) is 60.0 Å². The van der Waals surface area contributed by atoms with Gasteiger partial charge in [0.25, 0.3) is 0 Å². The highest BCUT2D eigenvalue weighted by molar-refractivity contribution is 5.03. The van der Waals surface area contributed by atoms with Crippen molar-refractivity contribution in [1.82, 2.24) is 15.2 Å². The Labute approximate surface area is 131 Å². The number of rotatable bonds is 10. The van der Waals surface area contributed by atoms with E-state index in [0.29, 0.717) is 11.5 Å². The first-order valence-corrected chi connectivity index (χ1v) is 8.41. The third-order valence-corrected chi connectivity index (χ3v) is 4.50. The average Bonchev–Trinajstić information content (AvgIpc) is 2.51. The Morgan fingerprint density at radius 1 is 1.19 bits per heavy atom. The molecule has 0 fully saturated rings. The summed E-state index contributed by atoms with van der Waals surface area (Å²) in [5, 5.41) is 3.64. The Morgan fingerprint density at radius 3 is 2.38 bits per heavy atom. The SMILES string of the molecule is CCN(Cc1ccccn1)CC(CC)(CC)CNC(C)C. The lowest BCUT2D eigenvalue weighted by atomic mass is 9.81. The van der Waals surface area contributed by atoms with Gasteiger partial charge in [-0.2, -0.15) is 0 Å². The van der Waals surface area contributed by atoms with Crippen LogP contribution in [-0.4, -0.2) is 35.6 Å². The lowest BCUT2D eigenvalue weighted by Gasteiger charge is -2.37. The fourth-order valence-electron chi connectivity index (χ4n) is 2.67. The van der Waals surface area contributed by atoms with Crippen LogP contribution in [-0.2, 0) is 6.54 Å². The van der Waals surface area contributed by atoms with E-state index in [-0.39, 0.29) is 0 Å². The summed E-state index contributed by atoms with van der Waals surface area (Å²) in [5.74, 6) is 0. The van der Waals surface area contributed by atoms with E-state index in [1.807, 2.05) is 12.3 Å². The molecule has 0 saturated heterocycles. The van der Waals surface area contributed by atoms with Crippen LogP contribution in [0.1, 0.15) is 53.2 Å². The summed E-state index contributed by atoms with van der Waals surface area (Å²) in [6.07, 6.45) is 4.31. The number of pyridine rings is 1. The van der Waals surface area contributed by atoms with Crippen LogP contribution < -0.4 is 5.32 Å². The Balaban J connectivity index is 2.69. The molecular weight excluding hydrogens is 258 g/mol. The van der Waals surface area contributed by atoms with Crippen LogP contribution in [0.5, 0.6) is 0 Å². The molecule has 0 aliphatic carbocycles. The molecule has 0 spiro atoms. The molecule has 1 N–H and O–H groups in total. The number of nitrogens with zero attached hydrogens (tertiary/aromatic N) is 2. The summed E-state index contributed by atoms with van der Waals surface area (Å²) in [6, 6.07) is 6.72. The maximum atomic E-state index is 4.47. The quantitative estimate of drug-likeness (QED) is 0.712. The maximum Gasteiger partial charge on any atom is 0.0543 e. The van der Waals surface area contributed by atoms with E-state index in [0.717, 1.165) is 31.9 Å². The van der Waals surface area contributed by atoms with E-state index in [4.69, 9.17) is 0 Å². The second kappa shape index (κ2) is 9.16.